The second-order valence-electron chi connectivity index (χ2n) is 4.92. The molecule has 2 aromatic rings. The number of methoxy groups -OCH3 is 2. The molecule has 7 heteroatoms. The number of halogens is 1. The van der Waals surface area contributed by atoms with Gasteiger partial charge in [-0.25, -0.2) is 4.98 Å². The van der Waals surface area contributed by atoms with E-state index in [1.165, 1.54) is 20.4 Å². The Morgan fingerprint density at radius 1 is 1.25 bits per heavy atom. The van der Waals surface area contributed by atoms with Gasteiger partial charge in [-0.1, -0.05) is 28.1 Å². The molecule has 6 nitrogen and oxygen atoms in total. The molecule has 1 aromatic heterocycles. The van der Waals surface area contributed by atoms with E-state index in [0.717, 1.165) is 10.0 Å². The largest absolute Gasteiger partial charge is 0.480 e. The summed E-state index contributed by atoms with van der Waals surface area (Å²) in [5, 5.41) is 2.84. The molecule has 0 aliphatic carbocycles. The van der Waals surface area contributed by atoms with Crippen LogP contribution in [-0.2, 0) is 9.53 Å². The first kappa shape index (κ1) is 17.9. The summed E-state index contributed by atoms with van der Waals surface area (Å²) in [4.78, 5) is 28.3. The van der Waals surface area contributed by atoms with Crippen molar-refractivity contribution in [3.63, 3.8) is 0 Å². The summed E-state index contributed by atoms with van der Waals surface area (Å²) < 4.78 is 10.7. The molecule has 24 heavy (non-hydrogen) atoms. The van der Waals surface area contributed by atoms with Crippen LogP contribution >= 0.6 is 15.9 Å². The molecule has 1 aromatic carbocycles. The van der Waals surface area contributed by atoms with Crippen LogP contribution in [-0.4, -0.2) is 31.1 Å². The highest BCUT2D eigenvalue weighted by molar-refractivity contribution is 9.10. The molecule has 0 aliphatic rings. The predicted molar refractivity (Wildman–Crippen MR) is 91.8 cm³/mol. The number of hydrogen-bond acceptors (Lipinski definition) is 5. The third-order valence-electron chi connectivity index (χ3n) is 3.36. The molecule has 1 heterocycles. The van der Waals surface area contributed by atoms with Crippen LogP contribution in [0.4, 0.5) is 0 Å². The first-order valence-corrected chi connectivity index (χ1v) is 7.96. The summed E-state index contributed by atoms with van der Waals surface area (Å²) in [6.07, 6.45) is 1.55. The number of aromatic nitrogens is 1. The highest BCUT2D eigenvalue weighted by Gasteiger charge is 2.22. The second-order valence-corrected chi connectivity index (χ2v) is 5.84. The van der Waals surface area contributed by atoms with Crippen LogP contribution in [0.15, 0.2) is 47.1 Å². The van der Waals surface area contributed by atoms with Crippen molar-refractivity contribution in [3.05, 3.63) is 58.2 Å². The molecule has 0 bridgehead atoms. The number of nitrogens with one attached hydrogen (secondary N) is 1. The van der Waals surface area contributed by atoms with Crippen LogP contribution in [0.5, 0.6) is 5.88 Å². The quantitative estimate of drug-likeness (QED) is 0.764. The molecule has 1 unspecified atom stereocenters. The summed E-state index contributed by atoms with van der Waals surface area (Å²) in [6.45, 7) is 0. The van der Waals surface area contributed by atoms with Crippen molar-refractivity contribution in [3.8, 4) is 5.88 Å². The van der Waals surface area contributed by atoms with Gasteiger partial charge in [-0.2, -0.15) is 0 Å². The highest BCUT2D eigenvalue weighted by Crippen LogP contribution is 2.23. The van der Waals surface area contributed by atoms with Gasteiger partial charge in [0.2, 0.25) is 5.88 Å². The van der Waals surface area contributed by atoms with Gasteiger partial charge in [0.05, 0.1) is 26.7 Å². The van der Waals surface area contributed by atoms with E-state index in [9.17, 15) is 9.59 Å². The Morgan fingerprint density at radius 2 is 2.04 bits per heavy atom. The van der Waals surface area contributed by atoms with Gasteiger partial charge < -0.3 is 14.8 Å². The number of benzene rings is 1. The Hall–Kier alpha value is -2.41. The van der Waals surface area contributed by atoms with Gasteiger partial charge in [-0.15, -0.1) is 0 Å². The van der Waals surface area contributed by atoms with E-state index in [1.807, 2.05) is 24.3 Å². The zero-order valence-electron chi connectivity index (χ0n) is 13.3. The summed E-state index contributed by atoms with van der Waals surface area (Å²) in [7, 11) is 2.76. The van der Waals surface area contributed by atoms with E-state index in [1.54, 1.807) is 12.1 Å². The molecule has 0 fully saturated rings. The molecule has 2 rings (SSSR count). The fraction of sp³-hybridized carbons (Fsp3) is 0.235. The molecule has 0 radical (unpaired) electrons. The summed E-state index contributed by atoms with van der Waals surface area (Å²) in [6, 6.07) is 10.1. The van der Waals surface area contributed by atoms with Gasteiger partial charge in [0, 0.05) is 10.7 Å². The fourth-order valence-corrected chi connectivity index (χ4v) is 2.60. The number of carbonyl (C=O) groups is 2. The first-order valence-electron chi connectivity index (χ1n) is 7.17. The Kier molecular flexibility index (Phi) is 6.31. The van der Waals surface area contributed by atoms with Gasteiger partial charge in [0.15, 0.2) is 0 Å². The third kappa shape index (κ3) is 4.55. The molecule has 1 amide bonds. The highest BCUT2D eigenvalue weighted by atomic mass is 79.9. The number of esters is 1. The zero-order valence-corrected chi connectivity index (χ0v) is 14.9. The Bertz CT molecular complexity index is 736. The number of ether oxygens (including phenoxy) is 2. The Morgan fingerprint density at radius 3 is 2.71 bits per heavy atom. The zero-order chi connectivity index (χ0) is 17.5. The van der Waals surface area contributed by atoms with Crippen molar-refractivity contribution < 1.29 is 19.1 Å². The number of rotatable bonds is 6. The molecular weight excluding hydrogens is 376 g/mol. The molecule has 0 aliphatic heterocycles. The van der Waals surface area contributed by atoms with Gasteiger partial charge in [0.1, 0.15) is 5.56 Å². The van der Waals surface area contributed by atoms with Crippen LogP contribution in [0, 0.1) is 0 Å². The minimum atomic E-state index is -0.535. The maximum atomic E-state index is 12.6. The van der Waals surface area contributed by atoms with Crippen LogP contribution < -0.4 is 10.1 Å². The number of pyridine rings is 1. The lowest BCUT2D eigenvalue weighted by Crippen LogP contribution is -2.31. The summed E-state index contributed by atoms with van der Waals surface area (Å²) in [5.41, 5.74) is 1.08. The monoisotopic (exact) mass is 392 g/mol. The second kappa shape index (κ2) is 8.44. The van der Waals surface area contributed by atoms with Crippen LogP contribution in [0.3, 0.4) is 0 Å². The van der Waals surface area contributed by atoms with Gasteiger partial charge in [-0.3, -0.25) is 9.59 Å². The maximum absolute atomic E-state index is 12.6. The lowest BCUT2D eigenvalue weighted by Gasteiger charge is -2.19. The van der Waals surface area contributed by atoms with E-state index in [4.69, 9.17) is 9.47 Å². The van der Waals surface area contributed by atoms with Crippen LogP contribution in [0.2, 0.25) is 0 Å². The van der Waals surface area contributed by atoms with E-state index in [0.29, 0.717) is 5.56 Å². The van der Waals surface area contributed by atoms with Crippen molar-refractivity contribution in [2.45, 2.75) is 12.5 Å². The lowest BCUT2D eigenvalue weighted by molar-refractivity contribution is -0.141. The molecule has 1 atom stereocenters. The average Bonchev–Trinajstić information content (AvgIpc) is 2.60. The lowest BCUT2D eigenvalue weighted by atomic mass is 10.0. The molecule has 0 spiro atoms. The van der Waals surface area contributed by atoms with E-state index in [2.05, 4.69) is 26.2 Å². The topological polar surface area (TPSA) is 77.5 Å². The van der Waals surface area contributed by atoms with Gasteiger partial charge in [0.25, 0.3) is 5.91 Å². The minimum absolute atomic E-state index is 0.0151. The number of hydrogen-bond donors (Lipinski definition) is 1. The van der Waals surface area contributed by atoms with E-state index < -0.39 is 12.0 Å². The van der Waals surface area contributed by atoms with E-state index in [-0.39, 0.29) is 18.2 Å². The fourth-order valence-electron chi connectivity index (χ4n) is 2.19. The van der Waals surface area contributed by atoms with Crippen molar-refractivity contribution in [1.82, 2.24) is 10.3 Å². The Labute approximate surface area is 148 Å². The summed E-state index contributed by atoms with van der Waals surface area (Å²) in [5.74, 6) is -0.576. The molecule has 1 N–H and O–H groups in total. The van der Waals surface area contributed by atoms with Crippen LogP contribution in [0.1, 0.15) is 28.4 Å². The van der Waals surface area contributed by atoms with Crippen molar-refractivity contribution in [1.29, 1.82) is 0 Å². The van der Waals surface area contributed by atoms with Crippen molar-refractivity contribution in [2.75, 3.05) is 14.2 Å². The Balaban J connectivity index is 2.27. The molecule has 126 valence electrons. The smallest absolute Gasteiger partial charge is 0.307 e. The third-order valence-corrected chi connectivity index (χ3v) is 3.86. The summed E-state index contributed by atoms with van der Waals surface area (Å²) >= 11 is 3.39. The maximum Gasteiger partial charge on any atom is 0.307 e. The SMILES string of the molecule is COC(=O)CC(NC(=O)c1cccnc1OC)c1cccc(Br)c1. The van der Waals surface area contributed by atoms with Gasteiger partial charge in [-0.05, 0) is 29.8 Å². The number of carbonyl (C=O) groups excluding carboxylic acids is 2. The normalized spacial score (nSPS) is 11.5. The van der Waals surface area contributed by atoms with E-state index >= 15 is 0 Å². The molecule has 0 saturated carbocycles. The first-order chi connectivity index (χ1) is 11.5. The van der Waals surface area contributed by atoms with Crippen LogP contribution in [0.25, 0.3) is 0 Å². The standard InChI is InChI=1S/C17H17BrN2O4/c1-23-15(21)10-14(11-5-3-6-12(18)9-11)20-16(22)13-7-4-8-19-17(13)24-2/h3-9,14H,10H2,1-2H3,(H,20,22). The van der Waals surface area contributed by atoms with Gasteiger partial charge >= 0.3 is 5.97 Å². The average molecular weight is 393 g/mol. The predicted octanol–water partition coefficient (Wildman–Crippen LogP) is 2.89. The van der Waals surface area contributed by atoms with Crippen molar-refractivity contribution in [2.24, 2.45) is 0 Å². The molecule has 0 saturated heterocycles. The molecular formula is C17H17BrN2O4. The minimum Gasteiger partial charge on any atom is -0.480 e. The number of amides is 1. The van der Waals surface area contributed by atoms with Crippen molar-refractivity contribution >= 4 is 27.8 Å². The number of nitrogens with zero attached hydrogens (tertiary/aromatic N) is 1.